The molecule has 0 N–H and O–H groups in total. The number of carbonyl (C=O) groups is 1. The Morgan fingerprint density at radius 3 is 2.75 bits per heavy atom. The van der Waals surface area contributed by atoms with Crippen molar-refractivity contribution in [1.82, 2.24) is 14.5 Å². The molecule has 1 atom stereocenters. The molecule has 1 unspecified atom stereocenters. The Labute approximate surface area is 141 Å². The van der Waals surface area contributed by atoms with Crippen LogP contribution in [0.2, 0.25) is 0 Å². The monoisotopic (exact) mass is 319 g/mol. The molecule has 4 nitrogen and oxygen atoms in total. The molecule has 0 aliphatic carbocycles. The summed E-state index contributed by atoms with van der Waals surface area (Å²) in [5.41, 5.74) is 3.32. The van der Waals surface area contributed by atoms with E-state index in [0.29, 0.717) is 13.0 Å². The molecule has 1 aliphatic heterocycles. The Morgan fingerprint density at radius 1 is 1.08 bits per heavy atom. The molecule has 1 saturated heterocycles. The number of aromatic nitrogens is 2. The Balaban J connectivity index is 1.46. The van der Waals surface area contributed by atoms with E-state index in [1.54, 1.807) is 0 Å². The quantitative estimate of drug-likeness (QED) is 0.734. The molecule has 24 heavy (non-hydrogen) atoms. The number of benzene rings is 2. The SMILES string of the molecule is O=C(CCn1cnc2ccccc21)N1CCCC1c1ccccc1. The molecule has 0 saturated carbocycles. The minimum Gasteiger partial charge on any atom is -0.336 e. The van der Waals surface area contributed by atoms with Crippen molar-refractivity contribution in [1.29, 1.82) is 0 Å². The van der Waals surface area contributed by atoms with Crippen molar-refractivity contribution >= 4 is 16.9 Å². The summed E-state index contributed by atoms with van der Waals surface area (Å²) < 4.78 is 2.07. The topological polar surface area (TPSA) is 38.1 Å². The van der Waals surface area contributed by atoms with Gasteiger partial charge in [0.15, 0.2) is 0 Å². The maximum atomic E-state index is 12.8. The number of aryl methyl sites for hydroxylation is 1. The van der Waals surface area contributed by atoms with Gasteiger partial charge in [-0.1, -0.05) is 42.5 Å². The predicted octanol–water partition coefficient (Wildman–Crippen LogP) is 3.79. The van der Waals surface area contributed by atoms with Crippen molar-refractivity contribution in [3.05, 3.63) is 66.5 Å². The van der Waals surface area contributed by atoms with Crippen LogP contribution in [0.1, 0.15) is 30.9 Å². The van der Waals surface area contributed by atoms with Crippen LogP contribution in [0.5, 0.6) is 0 Å². The van der Waals surface area contributed by atoms with E-state index < -0.39 is 0 Å². The number of carbonyl (C=O) groups excluding carboxylic acids is 1. The van der Waals surface area contributed by atoms with Gasteiger partial charge in [0, 0.05) is 19.5 Å². The highest BCUT2D eigenvalue weighted by Crippen LogP contribution is 2.32. The normalized spacial score (nSPS) is 17.5. The third-order valence-electron chi connectivity index (χ3n) is 4.85. The van der Waals surface area contributed by atoms with Crippen LogP contribution in [0.3, 0.4) is 0 Å². The van der Waals surface area contributed by atoms with Crippen LogP contribution in [0.25, 0.3) is 11.0 Å². The molecular weight excluding hydrogens is 298 g/mol. The smallest absolute Gasteiger partial charge is 0.224 e. The van der Waals surface area contributed by atoms with Crippen molar-refractivity contribution in [2.75, 3.05) is 6.54 Å². The maximum Gasteiger partial charge on any atom is 0.224 e. The van der Waals surface area contributed by atoms with Gasteiger partial charge in [0.25, 0.3) is 0 Å². The maximum absolute atomic E-state index is 12.8. The number of nitrogens with zero attached hydrogens (tertiary/aromatic N) is 3. The van der Waals surface area contributed by atoms with E-state index in [1.165, 1.54) is 5.56 Å². The molecule has 1 aromatic heterocycles. The standard InChI is InChI=1S/C20H21N3O/c24-20(12-14-22-15-21-17-9-4-5-10-19(17)22)23-13-6-11-18(23)16-7-2-1-3-8-16/h1-5,7-10,15,18H,6,11-14H2. The van der Waals surface area contributed by atoms with Gasteiger partial charge >= 0.3 is 0 Å². The average molecular weight is 319 g/mol. The Morgan fingerprint density at radius 2 is 1.88 bits per heavy atom. The molecule has 0 spiro atoms. The number of fused-ring (bicyclic) bond motifs is 1. The second kappa shape index (κ2) is 6.48. The number of hydrogen-bond donors (Lipinski definition) is 0. The van der Waals surface area contributed by atoms with Crippen molar-refractivity contribution < 1.29 is 4.79 Å². The fourth-order valence-corrected chi connectivity index (χ4v) is 3.64. The first-order valence-electron chi connectivity index (χ1n) is 8.57. The van der Waals surface area contributed by atoms with E-state index >= 15 is 0 Å². The van der Waals surface area contributed by atoms with E-state index in [2.05, 4.69) is 32.7 Å². The Kier molecular flexibility index (Phi) is 4.03. The molecule has 122 valence electrons. The zero-order chi connectivity index (χ0) is 16.4. The van der Waals surface area contributed by atoms with Gasteiger partial charge in [0.2, 0.25) is 5.91 Å². The molecule has 1 aliphatic rings. The third kappa shape index (κ3) is 2.80. The van der Waals surface area contributed by atoms with E-state index in [0.717, 1.165) is 30.4 Å². The zero-order valence-corrected chi connectivity index (χ0v) is 13.6. The van der Waals surface area contributed by atoms with Crippen LogP contribution in [0, 0.1) is 0 Å². The Hall–Kier alpha value is -2.62. The summed E-state index contributed by atoms with van der Waals surface area (Å²) in [4.78, 5) is 19.2. The summed E-state index contributed by atoms with van der Waals surface area (Å²) in [5.74, 6) is 0.235. The summed E-state index contributed by atoms with van der Waals surface area (Å²) in [6, 6.07) is 18.6. The van der Waals surface area contributed by atoms with Gasteiger partial charge in [-0.3, -0.25) is 4.79 Å². The van der Waals surface area contributed by atoms with Crippen LogP contribution in [-0.2, 0) is 11.3 Å². The highest BCUT2D eigenvalue weighted by molar-refractivity contribution is 5.78. The molecule has 0 radical (unpaired) electrons. The second-order valence-corrected chi connectivity index (χ2v) is 6.33. The highest BCUT2D eigenvalue weighted by Gasteiger charge is 2.29. The second-order valence-electron chi connectivity index (χ2n) is 6.33. The molecule has 3 aromatic rings. The summed E-state index contributed by atoms with van der Waals surface area (Å²) in [7, 11) is 0. The lowest BCUT2D eigenvalue weighted by atomic mass is 10.0. The fraction of sp³-hybridized carbons (Fsp3) is 0.300. The summed E-state index contributed by atoms with van der Waals surface area (Å²) >= 11 is 0. The van der Waals surface area contributed by atoms with Crippen molar-refractivity contribution in [2.24, 2.45) is 0 Å². The third-order valence-corrected chi connectivity index (χ3v) is 4.85. The van der Waals surface area contributed by atoms with Crippen LogP contribution in [0.15, 0.2) is 60.9 Å². The van der Waals surface area contributed by atoms with E-state index in [9.17, 15) is 4.79 Å². The van der Waals surface area contributed by atoms with E-state index in [4.69, 9.17) is 0 Å². The van der Waals surface area contributed by atoms with Crippen molar-refractivity contribution in [2.45, 2.75) is 31.8 Å². The minimum absolute atomic E-state index is 0.234. The van der Waals surface area contributed by atoms with Crippen LogP contribution in [0.4, 0.5) is 0 Å². The molecule has 1 amide bonds. The molecule has 0 bridgehead atoms. The molecule has 4 heteroatoms. The molecule has 4 rings (SSSR count). The van der Waals surface area contributed by atoms with Gasteiger partial charge in [-0.2, -0.15) is 0 Å². The van der Waals surface area contributed by atoms with Crippen molar-refractivity contribution in [3.8, 4) is 0 Å². The number of para-hydroxylation sites is 2. The number of amides is 1. The number of rotatable bonds is 4. The predicted molar refractivity (Wildman–Crippen MR) is 94.5 cm³/mol. The molecule has 2 heterocycles. The lowest BCUT2D eigenvalue weighted by Crippen LogP contribution is -2.31. The van der Waals surface area contributed by atoms with Gasteiger partial charge < -0.3 is 9.47 Å². The van der Waals surface area contributed by atoms with Crippen molar-refractivity contribution in [3.63, 3.8) is 0 Å². The summed E-state index contributed by atoms with van der Waals surface area (Å²) in [5, 5.41) is 0. The van der Waals surface area contributed by atoms with Gasteiger partial charge in [0.05, 0.1) is 23.4 Å². The zero-order valence-electron chi connectivity index (χ0n) is 13.6. The first-order valence-corrected chi connectivity index (χ1v) is 8.57. The van der Waals surface area contributed by atoms with Gasteiger partial charge in [0.1, 0.15) is 0 Å². The summed E-state index contributed by atoms with van der Waals surface area (Å²) in [6.45, 7) is 1.54. The average Bonchev–Trinajstić information content (AvgIpc) is 3.28. The number of likely N-dealkylation sites (tertiary alicyclic amines) is 1. The molecular formula is C20H21N3O. The highest BCUT2D eigenvalue weighted by atomic mass is 16.2. The molecule has 2 aromatic carbocycles. The number of imidazole rings is 1. The Bertz CT molecular complexity index is 840. The van der Waals surface area contributed by atoms with Crippen LogP contribution < -0.4 is 0 Å². The first-order chi connectivity index (χ1) is 11.8. The fourth-order valence-electron chi connectivity index (χ4n) is 3.64. The van der Waals surface area contributed by atoms with Gasteiger partial charge in [-0.15, -0.1) is 0 Å². The van der Waals surface area contributed by atoms with Crippen LogP contribution in [-0.4, -0.2) is 26.9 Å². The minimum atomic E-state index is 0.234. The summed E-state index contributed by atoms with van der Waals surface area (Å²) in [6.07, 6.45) is 4.49. The van der Waals surface area contributed by atoms with Crippen LogP contribution >= 0.6 is 0 Å². The molecule has 1 fully saturated rings. The number of hydrogen-bond acceptors (Lipinski definition) is 2. The lowest BCUT2D eigenvalue weighted by Gasteiger charge is -2.25. The largest absolute Gasteiger partial charge is 0.336 e. The van der Waals surface area contributed by atoms with E-state index in [1.807, 2.05) is 42.7 Å². The lowest BCUT2D eigenvalue weighted by molar-refractivity contribution is -0.132. The van der Waals surface area contributed by atoms with E-state index in [-0.39, 0.29) is 11.9 Å². The first kappa shape index (κ1) is 14.9. The van der Waals surface area contributed by atoms with Gasteiger partial charge in [-0.05, 0) is 30.5 Å². The van der Waals surface area contributed by atoms with Gasteiger partial charge in [-0.25, -0.2) is 4.98 Å².